The number of hydrogen-bond donors (Lipinski definition) is 1. The van der Waals surface area contributed by atoms with E-state index in [1.54, 1.807) is 19.0 Å². The molecule has 1 rings (SSSR count). The van der Waals surface area contributed by atoms with Crippen LogP contribution in [0.5, 0.6) is 0 Å². The highest BCUT2D eigenvalue weighted by Crippen LogP contribution is 2.03. The highest BCUT2D eigenvalue weighted by molar-refractivity contribution is 5.77. The van der Waals surface area contributed by atoms with Gasteiger partial charge in [0.05, 0.1) is 6.54 Å². The van der Waals surface area contributed by atoms with Crippen molar-refractivity contribution in [1.29, 1.82) is 0 Å². The molecule has 0 aliphatic heterocycles. The van der Waals surface area contributed by atoms with Crippen molar-refractivity contribution in [3.8, 4) is 0 Å². The molecular formula is C13H20N2O. The van der Waals surface area contributed by atoms with E-state index in [4.69, 9.17) is 0 Å². The Morgan fingerprint density at radius 2 is 2.12 bits per heavy atom. The molecule has 0 spiro atoms. The third kappa shape index (κ3) is 4.45. The van der Waals surface area contributed by atoms with Crippen molar-refractivity contribution < 1.29 is 4.79 Å². The van der Waals surface area contributed by atoms with Crippen LogP contribution >= 0.6 is 0 Å². The molecule has 3 heteroatoms. The minimum Gasteiger partial charge on any atom is -0.348 e. The van der Waals surface area contributed by atoms with Gasteiger partial charge in [0, 0.05) is 14.1 Å². The Hall–Kier alpha value is -1.35. The smallest absolute Gasteiger partial charge is 0.236 e. The summed E-state index contributed by atoms with van der Waals surface area (Å²) in [7, 11) is 3.54. The summed E-state index contributed by atoms with van der Waals surface area (Å²) in [5.74, 6) is 0.115. The molecule has 0 radical (unpaired) electrons. The highest BCUT2D eigenvalue weighted by atomic mass is 16.2. The van der Waals surface area contributed by atoms with Gasteiger partial charge in [-0.05, 0) is 25.5 Å². The lowest BCUT2D eigenvalue weighted by molar-refractivity contribution is -0.127. The predicted octanol–water partition coefficient (Wildman–Crippen LogP) is 1.22. The summed E-state index contributed by atoms with van der Waals surface area (Å²) in [5, 5.41) is 3.14. The first kappa shape index (κ1) is 12.7. The molecule has 0 heterocycles. The molecule has 16 heavy (non-hydrogen) atoms. The van der Waals surface area contributed by atoms with E-state index in [0.29, 0.717) is 6.54 Å². The Labute approximate surface area is 97.5 Å². The molecule has 0 aliphatic carbocycles. The van der Waals surface area contributed by atoms with Crippen LogP contribution in [0.1, 0.15) is 11.1 Å². The van der Waals surface area contributed by atoms with Crippen LogP contribution in [0.2, 0.25) is 0 Å². The summed E-state index contributed by atoms with van der Waals surface area (Å²) in [4.78, 5) is 12.9. The van der Waals surface area contributed by atoms with Gasteiger partial charge in [-0.3, -0.25) is 4.79 Å². The van der Waals surface area contributed by atoms with Gasteiger partial charge in [-0.15, -0.1) is 0 Å². The minimum absolute atomic E-state index is 0.115. The molecule has 0 bridgehead atoms. The second-order valence-electron chi connectivity index (χ2n) is 4.20. The average molecular weight is 220 g/mol. The topological polar surface area (TPSA) is 32.3 Å². The number of nitrogens with zero attached hydrogens (tertiary/aromatic N) is 1. The van der Waals surface area contributed by atoms with E-state index in [-0.39, 0.29) is 5.91 Å². The van der Waals surface area contributed by atoms with Gasteiger partial charge in [0.25, 0.3) is 0 Å². The van der Waals surface area contributed by atoms with E-state index in [9.17, 15) is 4.79 Å². The lowest BCUT2D eigenvalue weighted by Crippen LogP contribution is -2.33. The van der Waals surface area contributed by atoms with Gasteiger partial charge in [0.15, 0.2) is 0 Å². The normalized spacial score (nSPS) is 10.2. The monoisotopic (exact) mass is 220 g/mol. The van der Waals surface area contributed by atoms with Crippen molar-refractivity contribution in [2.24, 2.45) is 0 Å². The maximum Gasteiger partial charge on any atom is 0.236 e. The summed E-state index contributed by atoms with van der Waals surface area (Å²) in [5.41, 5.74) is 2.59. The minimum atomic E-state index is 0.115. The number of benzene rings is 1. The number of amides is 1. The highest BCUT2D eigenvalue weighted by Gasteiger charge is 2.01. The van der Waals surface area contributed by atoms with Crippen LogP contribution in [0, 0.1) is 6.92 Å². The van der Waals surface area contributed by atoms with E-state index in [2.05, 4.69) is 36.5 Å². The molecule has 88 valence electrons. The number of likely N-dealkylation sites (N-methyl/N-ethyl adjacent to an activating group) is 1. The van der Waals surface area contributed by atoms with Gasteiger partial charge >= 0.3 is 0 Å². The molecule has 0 fully saturated rings. The molecule has 0 aliphatic rings. The zero-order chi connectivity index (χ0) is 12.0. The molecule has 1 amide bonds. The Morgan fingerprint density at radius 3 is 2.75 bits per heavy atom. The third-order valence-electron chi connectivity index (χ3n) is 2.45. The molecule has 1 N–H and O–H groups in total. The van der Waals surface area contributed by atoms with E-state index >= 15 is 0 Å². The first-order valence-electron chi connectivity index (χ1n) is 5.56. The second kappa shape index (κ2) is 6.28. The van der Waals surface area contributed by atoms with Gasteiger partial charge in [-0.2, -0.15) is 0 Å². The van der Waals surface area contributed by atoms with Gasteiger partial charge in [0.1, 0.15) is 0 Å². The SMILES string of the molecule is Cc1cccc(CCNCC(=O)N(C)C)c1. The number of aryl methyl sites for hydroxylation is 1. The fourth-order valence-corrected chi connectivity index (χ4v) is 1.45. The van der Waals surface area contributed by atoms with Crippen LogP contribution in [-0.2, 0) is 11.2 Å². The number of carbonyl (C=O) groups excluding carboxylic acids is 1. The van der Waals surface area contributed by atoms with Crippen molar-refractivity contribution in [3.05, 3.63) is 35.4 Å². The van der Waals surface area contributed by atoms with Crippen molar-refractivity contribution in [1.82, 2.24) is 10.2 Å². The second-order valence-corrected chi connectivity index (χ2v) is 4.20. The third-order valence-corrected chi connectivity index (χ3v) is 2.45. The van der Waals surface area contributed by atoms with Crippen LogP contribution in [0.3, 0.4) is 0 Å². The molecule has 0 unspecified atom stereocenters. The lowest BCUT2D eigenvalue weighted by atomic mass is 10.1. The number of nitrogens with one attached hydrogen (secondary N) is 1. The summed E-state index contributed by atoms with van der Waals surface area (Å²) in [6, 6.07) is 8.44. The maximum atomic E-state index is 11.3. The molecule has 3 nitrogen and oxygen atoms in total. The summed E-state index contributed by atoms with van der Waals surface area (Å²) in [6.07, 6.45) is 0.961. The molecule has 0 saturated heterocycles. The molecule has 0 saturated carbocycles. The zero-order valence-electron chi connectivity index (χ0n) is 10.3. The molecule has 0 atom stereocenters. The van der Waals surface area contributed by atoms with Crippen LogP contribution < -0.4 is 5.32 Å². The maximum absolute atomic E-state index is 11.3. The Morgan fingerprint density at radius 1 is 1.38 bits per heavy atom. The number of rotatable bonds is 5. The summed E-state index contributed by atoms with van der Waals surface area (Å²) < 4.78 is 0. The Kier molecular flexibility index (Phi) is 4.99. The Bertz CT molecular complexity index is 348. The summed E-state index contributed by atoms with van der Waals surface area (Å²) >= 11 is 0. The number of hydrogen-bond acceptors (Lipinski definition) is 2. The van der Waals surface area contributed by atoms with Crippen LogP contribution in [0.25, 0.3) is 0 Å². The molecule has 0 aromatic heterocycles. The fraction of sp³-hybridized carbons (Fsp3) is 0.462. The van der Waals surface area contributed by atoms with Crippen molar-refractivity contribution in [3.63, 3.8) is 0 Å². The number of carbonyl (C=O) groups is 1. The first-order valence-corrected chi connectivity index (χ1v) is 5.56. The van der Waals surface area contributed by atoms with Crippen LogP contribution in [0.15, 0.2) is 24.3 Å². The van der Waals surface area contributed by atoms with Gasteiger partial charge < -0.3 is 10.2 Å². The van der Waals surface area contributed by atoms with Crippen LogP contribution in [-0.4, -0.2) is 38.0 Å². The van der Waals surface area contributed by atoms with Crippen molar-refractivity contribution in [2.75, 3.05) is 27.2 Å². The standard InChI is InChI=1S/C13H20N2O/c1-11-5-4-6-12(9-11)7-8-14-10-13(16)15(2)3/h4-6,9,14H,7-8,10H2,1-3H3. The van der Waals surface area contributed by atoms with Gasteiger partial charge in [0.2, 0.25) is 5.91 Å². The Balaban J connectivity index is 2.23. The van der Waals surface area contributed by atoms with E-state index in [1.807, 2.05) is 0 Å². The molecule has 1 aromatic rings. The van der Waals surface area contributed by atoms with Crippen molar-refractivity contribution in [2.45, 2.75) is 13.3 Å². The van der Waals surface area contributed by atoms with E-state index in [1.165, 1.54) is 11.1 Å². The van der Waals surface area contributed by atoms with Gasteiger partial charge in [-0.25, -0.2) is 0 Å². The quantitative estimate of drug-likeness (QED) is 0.757. The predicted molar refractivity (Wildman–Crippen MR) is 66.4 cm³/mol. The first-order chi connectivity index (χ1) is 7.59. The van der Waals surface area contributed by atoms with Gasteiger partial charge in [-0.1, -0.05) is 29.8 Å². The zero-order valence-corrected chi connectivity index (χ0v) is 10.3. The van der Waals surface area contributed by atoms with Crippen LogP contribution in [0.4, 0.5) is 0 Å². The molecular weight excluding hydrogens is 200 g/mol. The lowest BCUT2D eigenvalue weighted by Gasteiger charge is -2.10. The largest absolute Gasteiger partial charge is 0.348 e. The van der Waals surface area contributed by atoms with E-state index < -0.39 is 0 Å². The average Bonchev–Trinajstić information content (AvgIpc) is 2.24. The van der Waals surface area contributed by atoms with Crippen molar-refractivity contribution >= 4 is 5.91 Å². The molecule has 1 aromatic carbocycles. The fourth-order valence-electron chi connectivity index (χ4n) is 1.45. The summed E-state index contributed by atoms with van der Waals surface area (Å²) in [6.45, 7) is 3.34. The van der Waals surface area contributed by atoms with E-state index in [0.717, 1.165) is 13.0 Å².